The van der Waals surface area contributed by atoms with Crippen molar-refractivity contribution in [2.75, 3.05) is 5.32 Å². The number of anilines is 1. The number of benzene rings is 2. The van der Waals surface area contributed by atoms with Gasteiger partial charge in [-0.2, -0.15) is 0 Å². The van der Waals surface area contributed by atoms with E-state index in [0.29, 0.717) is 16.8 Å². The molecular weight excluding hydrogens is 391 g/mol. The van der Waals surface area contributed by atoms with Crippen molar-refractivity contribution < 1.29 is 23.5 Å². The summed E-state index contributed by atoms with van der Waals surface area (Å²) in [7, 11) is 0. The molecule has 0 spiro atoms. The van der Waals surface area contributed by atoms with Gasteiger partial charge in [0.2, 0.25) is 11.8 Å². The predicted molar refractivity (Wildman–Crippen MR) is 107 cm³/mol. The number of amidine groups is 1. The van der Waals surface area contributed by atoms with Crippen LogP contribution in [0.25, 0.3) is 0 Å². The van der Waals surface area contributed by atoms with E-state index in [1.54, 1.807) is 24.3 Å². The number of ether oxygens (including phenoxy) is 1. The van der Waals surface area contributed by atoms with E-state index in [9.17, 15) is 18.8 Å². The van der Waals surface area contributed by atoms with E-state index in [4.69, 9.17) is 15.9 Å². The second-order valence-electron chi connectivity index (χ2n) is 6.88. The fourth-order valence-corrected chi connectivity index (χ4v) is 3.10. The Balaban J connectivity index is 1.50. The lowest BCUT2D eigenvalue weighted by molar-refractivity contribution is -0.141. The summed E-state index contributed by atoms with van der Waals surface area (Å²) in [5.74, 6) is -1.69. The Morgan fingerprint density at radius 2 is 1.70 bits per heavy atom. The molecule has 9 heteroatoms. The van der Waals surface area contributed by atoms with Gasteiger partial charge in [-0.3, -0.25) is 19.8 Å². The number of nitrogens with two attached hydrogens (primary N) is 1. The predicted octanol–water partition coefficient (Wildman–Crippen LogP) is 2.00. The first-order valence-corrected chi connectivity index (χ1v) is 9.30. The highest BCUT2D eigenvalue weighted by molar-refractivity contribution is 5.96. The van der Waals surface area contributed by atoms with Gasteiger partial charge in [-0.05, 0) is 42.0 Å². The number of nitrogens with one attached hydrogen (secondary N) is 3. The molecule has 1 aliphatic rings. The van der Waals surface area contributed by atoms with E-state index in [0.717, 1.165) is 0 Å². The number of cyclic esters (lactones) is 1. The van der Waals surface area contributed by atoms with Crippen molar-refractivity contribution in [3.63, 3.8) is 0 Å². The van der Waals surface area contributed by atoms with Gasteiger partial charge in [0.05, 0.1) is 12.5 Å². The first-order chi connectivity index (χ1) is 14.3. The number of hydrogen-bond donors (Lipinski definition) is 4. The van der Waals surface area contributed by atoms with E-state index >= 15 is 0 Å². The third-order valence-corrected chi connectivity index (χ3v) is 4.61. The van der Waals surface area contributed by atoms with Crippen LogP contribution in [0.2, 0.25) is 0 Å². The third kappa shape index (κ3) is 5.40. The minimum Gasteiger partial charge on any atom is -0.455 e. The quantitative estimate of drug-likeness (QED) is 0.313. The highest BCUT2D eigenvalue weighted by Crippen LogP contribution is 2.30. The van der Waals surface area contributed by atoms with Crippen molar-refractivity contribution in [3.05, 3.63) is 65.5 Å². The summed E-state index contributed by atoms with van der Waals surface area (Å²) in [6.07, 6.45) is -0.820. The van der Waals surface area contributed by atoms with Gasteiger partial charge in [0.15, 0.2) is 0 Å². The Hall–Kier alpha value is -3.75. The van der Waals surface area contributed by atoms with E-state index in [1.807, 2.05) is 0 Å². The molecular formula is C21H21FN4O4. The van der Waals surface area contributed by atoms with Crippen molar-refractivity contribution in [2.45, 2.75) is 31.4 Å². The highest BCUT2D eigenvalue weighted by atomic mass is 19.1. The molecule has 0 radical (unpaired) electrons. The maximum atomic E-state index is 13.1. The van der Waals surface area contributed by atoms with Crippen LogP contribution in [0, 0.1) is 11.2 Å². The first kappa shape index (κ1) is 21.0. The van der Waals surface area contributed by atoms with Gasteiger partial charge in [-0.15, -0.1) is 0 Å². The Morgan fingerprint density at radius 3 is 2.33 bits per heavy atom. The molecule has 2 atom stereocenters. The Morgan fingerprint density at radius 1 is 1.07 bits per heavy atom. The SMILES string of the molecule is N=C(N)c1ccc(NC(=O)CCC(=O)N[C@H]2CC(=O)OC2c2ccc(F)cc2)cc1. The largest absolute Gasteiger partial charge is 0.455 e. The summed E-state index contributed by atoms with van der Waals surface area (Å²) in [5.41, 5.74) is 7.03. The lowest BCUT2D eigenvalue weighted by Gasteiger charge is -2.19. The molecule has 1 unspecified atom stereocenters. The van der Waals surface area contributed by atoms with Crippen LogP contribution in [-0.2, 0) is 19.1 Å². The number of carbonyl (C=O) groups excluding carboxylic acids is 3. The van der Waals surface area contributed by atoms with Gasteiger partial charge in [0.1, 0.15) is 17.8 Å². The number of hydrogen-bond acceptors (Lipinski definition) is 5. The minimum absolute atomic E-state index is 0.00246. The molecule has 3 rings (SSSR count). The van der Waals surface area contributed by atoms with Crippen molar-refractivity contribution in [1.29, 1.82) is 5.41 Å². The molecule has 1 aliphatic heterocycles. The van der Waals surface area contributed by atoms with E-state index in [2.05, 4.69) is 10.6 Å². The van der Waals surface area contributed by atoms with Crippen LogP contribution in [0.1, 0.15) is 36.5 Å². The Bertz CT molecular complexity index is 960. The summed E-state index contributed by atoms with van der Waals surface area (Å²) in [5, 5.41) is 12.7. The maximum absolute atomic E-state index is 13.1. The molecule has 2 amide bonds. The van der Waals surface area contributed by atoms with Crippen LogP contribution in [0.5, 0.6) is 0 Å². The van der Waals surface area contributed by atoms with Crippen molar-refractivity contribution in [2.24, 2.45) is 5.73 Å². The molecule has 2 aromatic carbocycles. The number of nitrogen functional groups attached to an aromatic ring is 1. The van der Waals surface area contributed by atoms with Gasteiger partial charge < -0.3 is 21.1 Å². The first-order valence-electron chi connectivity index (χ1n) is 9.30. The van der Waals surface area contributed by atoms with Crippen LogP contribution < -0.4 is 16.4 Å². The number of esters is 1. The second kappa shape index (κ2) is 9.17. The van der Waals surface area contributed by atoms with Gasteiger partial charge in [0, 0.05) is 24.1 Å². The molecule has 1 fully saturated rings. The molecule has 0 bridgehead atoms. The summed E-state index contributed by atoms with van der Waals surface area (Å²) in [6.45, 7) is 0. The third-order valence-electron chi connectivity index (χ3n) is 4.61. The normalized spacial score (nSPS) is 17.8. The monoisotopic (exact) mass is 412 g/mol. The number of rotatable bonds is 7. The van der Waals surface area contributed by atoms with Gasteiger partial charge >= 0.3 is 5.97 Å². The van der Waals surface area contributed by atoms with E-state index in [-0.39, 0.29) is 31.0 Å². The Labute approximate surface area is 172 Å². The van der Waals surface area contributed by atoms with Gasteiger partial charge in [-0.1, -0.05) is 12.1 Å². The molecule has 2 aromatic rings. The lowest BCUT2D eigenvalue weighted by Crippen LogP contribution is -2.37. The summed E-state index contributed by atoms with van der Waals surface area (Å²) in [6, 6.07) is 11.4. The fraction of sp³-hybridized carbons (Fsp3) is 0.238. The zero-order valence-electron chi connectivity index (χ0n) is 16.0. The van der Waals surface area contributed by atoms with Crippen LogP contribution in [0.4, 0.5) is 10.1 Å². The number of amides is 2. The van der Waals surface area contributed by atoms with Gasteiger partial charge in [-0.25, -0.2) is 4.39 Å². The molecule has 0 saturated carbocycles. The van der Waals surface area contributed by atoms with Crippen molar-refractivity contribution in [1.82, 2.24) is 5.32 Å². The molecule has 8 nitrogen and oxygen atoms in total. The van der Waals surface area contributed by atoms with Gasteiger partial charge in [0.25, 0.3) is 0 Å². The maximum Gasteiger partial charge on any atom is 0.308 e. The van der Waals surface area contributed by atoms with Crippen LogP contribution in [0.15, 0.2) is 48.5 Å². The lowest BCUT2D eigenvalue weighted by atomic mass is 10.0. The second-order valence-corrected chi connectivity index (χ2v) is 6.88. The molecule has 0 aliphatic carbocycles. The molecule has 1 saturated heterocycles. The van der Waals surface area contributed by atoms with Crippen LogP contribution >= 0.6 is 0 Å². The summed E-state index contributed by atoms with van der Waals surface area (Å²) >= 11 is 0. The van der Waals surface area contributed by atoms with E-state index in [1.165, 1.54) is 24.3 Å². The Kier molecular flexibility index (Phi) is 6.41. The zero-order chi connectivity index (χ0) is 21.7. The van der Waals surface area contributed by atoms with Crippen LogP contribution in [-0.4, -0.2) is 29.7 Å². The molecule has 30 heavy (non-hydrogen) atoms. The highest BCUT2D eigenvalue weighted by Gasteiger charge is 2.36. The average Bonchev–Trinajstić information content (AvgIpc) is 3.07. The van der Waals surface area contributed by atoms with E-state index < -0.39 is 29.8 Å². The van der Waals surface area contributed by atoms with Crippen molar-refractivity contribution in [3.8, 4) is 0 Å². The summed E-state index contributed by atoms with van der Waals surface area (Å²) < 4.78 is 18.4. The topological polar surface area (TPSA) is 134 Å². The number of halogens is 1. The molecule has 0 aromatic heterocycles. The van der Waals surface area contributed by atoms with Crippen molar-refractivity contribution >= 4 is 29.3 Å². The molecule has 5 N–H and O–H groups in total. The molecule has 1 heterocycles. The minimum atomic E-state index is -0.698. The standard InChI is InChI=1S/C21H21FN4O4/c22-14-5-1-12(2-6-14)20-16(11-19(29)30-20)26-18(28)10-9-17(27)25-15-7-3-13(4-8-15)21(23)24/h1-8,16,20H,9-11H2,(H3,23,24)(H,25,27)(H,26,28)/t16-,20?/m0/s1. The zero-order valence-corrected chi connectivity index (χ0v) is 16.0. The smallest absolute Gasteiger partial charge is 0.308 e. The summed E-state index contributed by atoms with van der Waals surface area (Å²) in [4.78, 5) is 36.0. The fourth-order valence-electron chi connectivity index (χ4n) is 3.10. The molecule has 156 valence electrons. The van der Waals surface area contributed by atoms with Crippen LogP contribution in [0.3, 0.4) is 0 Å². The number of carbonyl (C=O) groups is 3. The average molecular weight is 412 g/mol.